The second-order valence-electron chi connectivity index (χ2n) is 18.1. The lowest BCUT2D eigenvalue weighted by atomic mass is 9.82. The molecule has 0 spiro atoms. The van der Waals surface area contributed by atoms with E-state index in [0.717, 1.165) is 50.1 Å². The zero-order chi connectivity index (χ0) is 41.7. The minimum Gasteiger partial charge on any atom is -0.455 e. The number of para-hydroxylation sites is 2. The van der Waals surface area contributed by atoms with E-state index in [2.05, 4.69) is 221 Å². The van der Waals surface area contributed by atoms with Gasteiger partial charge in [-0.05, 0) is 115 Å². The second-order valence-corrected chi connectivity index (χ2v) is 18.1. The summed E-state index contributed by atoms with van der Waals surface area (Å²) in [5.74, 6) is 0. The molecule has 0 amide bonds. The molecule has 2 aliphatic carbocycles. The lowest BCUT2D eigenvalue weighted by Gasteiger charge is -2.26. The van der Waals surface area contributed by atoms with Gasteiger partial charge in [0.2, 0.25) is 0 Å². The van der Waals surface area contributed by atoms with Crippen molar-refractivity contribution in [1.82, 2.24) is 0 Å². The largest absolute Gasteiger partial charge is 0.455 e. The molecule has 2 heteroatoms. The number of benzene rings is 9. The fourth-order valence-electron chi connectivity index (χ4n) is 10.8. The van der Waals surface area contributed by atoms with E-state index in [-0.39, 0.29) is 10.8 Å². The van der Waals surface area contributed by atoms with Crippen molar-refractivity contribution >= 4 is 39.0 Å². The SMILES string of the molecule is CC1(C)c2ccccc2-c2c(-c3ccc(N(c4ccc(-c5cccc6c5-c5ccccc5C6(C)C)cc4)c4ccc(-c5cccc6c5oc5ccccc56)cc4)cc3)cccc21. The van der Waals surface area contributed by atoms with Crippen LogP contribution in [0.15, 0.2) is 205 Å². The van der Waals surface area contributed by atoms with Gasteiger partial charge >= 0.3 is 0 Å². The predicted molar refractivity (Wildman–Crippen MR) is 260 cm³/mol. The maximum atomic E-state index is 6.46. The van der Waals surface area contributed by atoms with Crippen LogP contribution in [0.3, 0.4) is 0 Å². The number of anilines is 3. The Balaban J connectivity index is 0.961. The molecular formula is C60H45NO. The summed E-state index contributed by atoms with van der Waals surface area (Å²) in [6.07, 6.45) is 0. The van der Waals surface area contributed by atoms with E-state index in [4.69, 9.17) is 4.42 Å². The van der Waals surface area contributed by atoms with Gasteiger partial charge in [0.1, 0.15) is 11.2 Å². The maximum Gasteiger partial charge on any atom is 0.143 e. The third kappa shape index (κ3) is 5.36. The number of rotatable bonds is 6. The van der Waals surface area contributed by atoms with Gasteiger partial charge in [-0.25, -0.2) is 0 Å². The highest BCUT2D eigenvalue weighted by Gasteiger charge is 2.38. The molecule has 2 aliphatic rings. The summed E-state index contributed by atoms with van der Waals surface area (Å²) < 4.78 is 6.46. The van der Waals surface area contributed by atoms with Crippen LogP contribution in [-0.4, -0.2) is 0 Å². The zero-order valence-corrected chi connectivity index (χ0v) is 35.4. The molecule has 1 aromatic heterocycles. The van der Waals surface area contributed by atoms with Crippen LogP contribution in [0.2, 0.25) is 0 Å². The molecule has 0 aliphatic heterocycles. The van der Waals surface area contributed by atoms with Gasteiger partial charge < -0.3 is 9.32 Å². The van der Waals surface area contributed by atoms with Gasteiger partial charge in [-0.1, -0.05) is 185 Å². The molecule has 0 fully saturated rings. The quantitative estimate of drug-likeness (QED) is 0.167. The lowest BCUT2D eigenvalue weighted by molar-refractivity contribution is 0.660. The highest BCUT2D eigenvalue weighted by Crippen LogP contribution is 2.54. The molecule has 0 unspecified atom stereocenters. The van der Waals surface area contributed by atoms with E-state index in [1.54, 1.807) is 0 Å². The van der Waals surface area contributed by atoms with Crippen molar-refractivity contribution in [3.8, 4) is 55.6 Å². The molecule has 0 bridgehead atoms. The summed E-state index contributed by atoms with van der Waals surface area (Å²) in [5, 5.41) is 2.28. The van der Waals surface area contributed by atoms with Crippen molar-refractivity contribution in [1.29, 1.82) is 0 Å². The molecule has 0 saturated heterocycles. The normalized spacial score (nSPS) is 14.1. The van der Waals surface area contributed by atoms with Crippen LogP contribution in [0.1, 0.15) is 49.9 Å². The van der Waals surface area contributed by atoms with Crippen molar-refractivity contribution in [2.24, 2.45) is 0 Å². The Morgan fingerprint density at radius 2 is 0.694 bits per heavy atom. The van der Waals surface area contributed by atoms with Crippen LogP contribution in [0, 0.1) is 0 Å². The number of hydrogen-bond donors (Lipinski definition) is 0. The van der Waals surface area contributed by atoms with E-state index >= 15 is 0 Å². The molecule has 1 heterocycles. The summed E-state index contributed by atoms with van der Waals surface area (Å²) in [6.45, 7) is 9.39. The first-order valence-electron chi connectivity index (χ1n) is 21.8. The van der Waals surface area contributed by atoms with Gasteiger partial charge in [0, 0.05) is 44.2 Å². The zero-order valence-electron chi connectivity index (χ0n) is 35.4. The fraction of sp³-hybridized carbons (Fsp3) is 0.100. The molecule has 12 rings (SSSR count). The van der Waals surface area contributed by atoms with Crippen LogP contribution in [0.4, 0.5) is 17.1 Å². The van der Waals surface area contributed by atoms with E-state index in [9.17, 15) is 0 Å². The Kier molecular flexibility index (Phi) is 7.96. The highest BCUT2D eigenvalue weighted by atomic mass is 16.3. The number of furan rings is 1. The Hall–Kier alpha value is -7.42. The molecule has 0 atom stereocenters. The smallest absolute Gasteiger partial charge is 0.143 e. The van der Waals surface area contributed by atoms with Crippen molar-refractivity contribution in [3.63, 3.8) is 0 Å². The molecule has 0 radical (unpaired) electrons. The molecule has 0 N–H and O–H groups in total. The van der Waals surface area contributed by atoms with Crippen LogP contribution in [0.5, 0.6) is 0 Å². The van der Waals surface area contributed by atoms with Gasteiger partial charge in [0.05, 0.1) is 0 Å². The molecule has 2 nitrogen and oxygen atoms in total. The Morgan fingerprint density at radius 1 is 0.323 bits per heavy atom. The Labute approximate surface area is 363 Å². The van der Waals surface area contributed by atoms with E-state index in [1.807, 2.05) is 12.1 Å². The first-order valence-corrected chi connectivity index (χ1v) is 21.8. The third-order valence-corrected chi connectivity index (χ3v) is 13.9. The average Bonchev–Trinajstić information content (AvgIpc) is 3.90. The first-order chi connectivity index (χ1) is 30.3. The molecule has 62 heavy (non-hydrogen) atoms. The topological polar surface area (TPSA) is 16.4 Å². The van der Waals surface area contributed by atoms with Gasteiger partial charge in [0.15, 0.2) is 0 Å². The third-order valence-electron chi connectivity index (χ3n) is 13.9. The van der Waals surface area contributed by atoms with Crippen molar-refractivity contribution in [2.45, 2.75) is 38.5 Å². The van der Waals surface area contributed by atoms with E-state index in [1.165, 1.54) is 66.8 Å². The van der Waals surface area contributed by atoms with Gasteiger partial charge in [-0.2, -0.15) is 0 Å². The molecule has 9 aromatic carbocycles. The van der Waals surface area contributed by atoms with Gasteiger partial charge in [-0.3, -0.25) is 0 Å². The molecule has 296 valence electrons. The van der Waals surface area contributed by atoms with E-state index in [0.29, 0.717) is 0 Å². The average molecular weight is 796 g/mol. The monoisotopic (exact) mass is 795 g/mol. The number of nitrogens with zero attached hydrogens (tertiary/aromatic N) is 1. The van der Waals surface area contributed by atoms with Crippen molar-refractivity contribution < 1.29 is 4.42 Å². The van der Waals surface area contributed by atoms with Crippen LogP contribution in [-0.2, 0) is 10.8 Å². The van der Waals surface area contributed by atoms with Crippen LogP contribution < -0.4 is 4.90 Å². The molecule has 10 aromatic rings. The number of hydrogen-bond acceptors (Lipinski definition) is 2. The summed E-state index contributed by atoms with van der Waals surface area (Å²) in [5.41, 5.74) is 23.1. The van der Waals surface area contributed by atoms with Gasteiger partial charge in [0.25, 0.3) is 0 Å². The molecular weight excluding hydrogens is 751 g/mol. The van der Waals surface area contributed by atoms with Crippen molar-refractivity contribution in [2.75, 3.05) is 4.90 Å². The van der Waals surface area contributed by atoms with Gasteiger partial charge in [-0.15, -0.1) is 0 Å². The standard InChI is InChI=1S/C60H45NO/c1-59(2)51-21-8-5-15-49(51)56-44(17-12-23-53(56)59)38-26-32-41(33-27-38)61(43-36-30-40(31-37-43)46-19-11-20-48-47-14-7-10-25-55(47)62-58(46)48)42-34-28-39(29-35-42)45-18-13-24-54-57(45)50-16-6-9-22-52(50)60(54,3)4/h5-37H,1-4H3. The Morgan fingerprint density at radius 3 is 1.21 bits per heavy atom. The summed E-state index contributed by atoms with van der Waals surface area (Å²) >= 11 is 0. The number of fused-ring (bicyclic) bond motifs is 9. The van der Waals surface area contributed by atoms with Crippen LogP contribution >= 0.6 is 0 Å². The minimum absolute atomic E-state index is 0.0493. The van der Waals surface area contributed by atoms with E-state index < -0.39 is 0 Å². The fourth-order valence-corrected chi connectivity index (χ4v) is 10.8. The Bertz CT molecular complexity index is 3230. The second kappa shape index (κ2) is 13.5. The van der Waals surface area contributed by atoms with Crippen LogP contribution in [0.25, 0.3) is 77.6 Å². The predicted octanol–water partition coefficient (Wildman–Crippen LogP) is 16.7. The molecule has 0 saturated carbocycles. The summed E-state index contributed by atoms with van der Waals surface area (Å²) in [7, 11) is 0. The minimum atomic E-state index is -0.0493. The summed E-state index contributed by atoms with van der Waals surface area (Å²) in [6, 6.07) is 73.4. The van der Waals surface area contributed by atoms with Crippen molar-refractivity contribution in [3.05, 3.63) is 222 Å². The first kappa shape index (κ1) is 36.4. The highest BCUT2D eigenvalue weighted by molar-refractivity contribution is 6.09. The lowest BCUT2D eigenvalue weighted by Crippen LogP contribution is -2.14. The maximum absolute atomic E-state index is 6.46. The summed E-state index contributed by atoms with van der Waals surface area (Å²) in [4.78, 5) is 2.38.